The molecule has 0 radical (unpaired) electrons. The Balaban J connectivity index is 1.16. The standard InChI is InChI=1S/C30H28ClN3O3/c31-23-13-15-24(16-14-23)37-21-30(35)32-18-17-29-33-26-10-3-4-11-27(26)34(29)19-6-20-36-28-12-5-8-22-7-1-2-9-25(22)28/h1-5,7-16H,6,17-21H2,(H,32,35). The third-order valence-electron chi connectivity index (χ3n) is 6.12. The van der Waals surface area contributed by atoms with Crippen molar-refractivity contribution < 1.29 is 14.3 Å². The third kappa shape index (κ3) is 6.22. The summed E-state index contributed by atoms with van der Waals surface area (Å²) in [4.78, 5) is 17.1. The van der Waals surface area contributed by atoms with Crippen molar-refractivity contribution in [3.8, 4) is 11.5 Å². The van der Waals surface area contributed by atoms with Crippen LogP contribution < -0.4 is 14.8 Å². The second-order valence-corrected chi connectivity index (χ2v) is 9.13. The highest BCUT2D eigenvalue weighted by Gasteiger charge is 2.11. The van der Waals surface area contributed by atoms with E-state index in [1.54, 1.807) is 24.3 Å². The van der Waals surface area contributed by atoms with Crippen LogP contribution in [-0.2, 0) is 17.8 Å². The molecule has 0 bridgehead atoms. The SMILES string of the molecule is O=C(COc1ccc(Cl)cc1)NCCc1nc2ccccc2n1CCCOc1cccc2ccccc12. The second kappa shape index (κ2) is 11.8. The van der Waals surface area contributed by atoms with Gasteiger partial charge < -0.3 is 19.4 Å². The quantitative estimate of drug-likeness (QED) is 0.218. The number of carbonyl (C=O) groups is 1. The molecule has 0 atom stereocenters. The Morgan fingerprint density at radius 1 is 0.892 bits per heavy atom. The zero-order chi connectivity index (χ0) is 25.5. The second-order valence-electron chi connectivity index (χ2n) is 8.69. The van der Waals surface area contributed by atoms with E-state index in [-0.39, 0.29) is 12.5 Å². The lowest BCUT2D eigenvalue weighted by Crippen LogP contribution is -2.31. The minimum atomic E-state index is -0.180. The molecule has 1 amide bonds. The summed E-state index contributed by atoms with van der Waals surface area (Å²) >= 11 is 5.88. The van der Waals surface area contributed by atoms with Crippen LogP contribution in [0.2, 0.25) is 5.02 Å². The molecule has 4 aromatic carbocycles. The van der Waals surface area contributed by atoms with Gasteiger partial charge in [-0.1, -0.05) is 60.1 Å². The van der Waals surface area contributed by atoms with Crippen molar-refractivity contribution in [2.45, 2.75) is 19.4 Å². The Morgan fingerprint density at radius 2 is 1.68 bits per heavy atom. The van der Waals surface area contributed by atoms with Gasteiger partial charge in [0.05, 0.1) is 17.6 Å². The Bertz CT molecular complexity index is 1490. The maximum Gasteiger partial charge on any atom is 0.257 e. The number of aryl methyl sites for hydroxylation is 1. The fourth-order valence-corrected chi connectivity index (χ4v) is 4.46. The van der Waals surface area contributed by atoms with Crippen LogP contribution in [-0.4, -0.2) is 35.2 Å². The number of benzene rings is 4. The van der Waals surface area contributed by atoms with Gasteiger partial charge in [-0.05, 0) is 54.3 Å². The lowest BCUT2D eigenvalue weighted by molar-refractivity contribution is -0.123. The summed E-state index contributed by atoms with van der Waals surface area (Å²) in [5.41, 5.74) is 2.03. The zero-order valence-corrected chi connectivity index (χ0v) is 21.2. The van der Waals surface area contributed by atoms with Crippen LogP contribution in [0.15, 0.2) is 91.0 Å². The number of imidazole rings is 1. The highest BCUT2D eigenvalue weighted by Crippen LogP contribution is 2.25. The van der Waals surface area contributed by atoms with Gasteiger partial charge in [0.1, 0.15) is 17.3 Å². The lowest BCUT2D eigenvalue weighted by Gasteiger charge is -2.12. The summed E-state index contributed by atoms with van der Waals surface area (Å²) in [5, 5.41) is 5.84. The molecule has 0 aliphatic heterocycles. The third-order valence-corrected chi connectivity index (χ3v) is 6.37. The molecular weight excluding hydrogens is 486 g/mol. The van der Waals surface area contributed by atoms with Gasteiger partial charge in [0.15, 0.2) is 6.61 Å². The maximum atomic E-state index is 12.3. The van der Waals surface area contributed by atoms with Crippen LogP contribution in [0.1, 0.15) is 12.2 Å². The zero-order valence-electron chi connectivity index (χ0n) is 20.4. The summed E-state index contributed by atoms with van der Waals surface area (Å²) in [6.07, 6.45) is 1.45. The Labute approximate surface area is 220 Å². The van der Waals surface area contributed by atoms with Crippen LogP contribution in [0.4, 0.5) is 0 Å². The Hall–Kier alpha value is -4.03. The number of hydrogen-bond acceptors (Lipinski definition) is 4. The molecule has 0 spiro atoms. The molecule has 188 valence electrons. The van der Waals surface area contributed by atoms with Gasteiger partial charge in [-0.25, -0.2) is 4.98 Å². The summed E-state index contributed by atoms with van der Waals surface area (Å²) < 4.78 is 13.9. The highest BCUT2D eigenvalue weighted by molar-refractivity contribution is 6.30. The van der Waals surface area contributed by atoms with E-state index in [0.29, 0.717) is 30.3 Å². The van der Waals surface area contributed by atoms with Gasteiger partial charge in [-0.3, -0.25) is 4.79 Å². The predicted octanol–water partition coefficient (Wildman–Crippen LogP) is 6.05. The predicted molar refractivity (Wildman–Crippen MR) is 147 cm³/mol. The minimum absolute atomic E-state index is 0.0520. The molecule has 0 saturated heterocycles. The molecule has 1 heterocycles. The van der Waals surface area contributed by atoms with E-state index in [9.17, 15) is 4.79 Å². The molecular formula is C30H28ClN3O3. The largest absolute Gasteiger partial charge is 0.493 e. The number of carbonyl (C=O) groups excluding carboxylic acids is 1. The normalized spacial score (nSPS) is 11.1. The molecule has 0 fully saturated rings. The monoisotopic (exact) mass is 513 g/mol. The van der Waals surface area contributed by atoms with E-state index < -0.39 is 0 Å². The Morgan fingerprint density at radius 3 is 2.57 bits per heavy atom. The van der Waals surface area contributed by atoms with Crippen molar-refractivity contribution in [3.63, 3.8) is 0 Å². The average molecular weight is 514 g/mol. The van der Waals surface area contributed by atoms with Gasteiger partial charge in [0.2, 0.25) is 0 Å². The van der Waals surface area contributed by atoms with Crippen molar-refractivity contribution in [3.05, 3.63) is 102 Å². The van der Waals surface area contributed by atoms with Crippen LogP contribution in [0.3, 0.4) is 0 Å². The topological polar surface area (TPSA) is 65.4 Å². The van der Waals surface area contributed by atoms with Gasteiger partial charge in [0.25, 0.3) is 5.91 Å². The Kier molecular flexibility index (Phi) is 7.87. The number of fused-ring (bicyclic) bond motifs is 2. The van der Waals surface area contributed by atoms with Crippen LogP contribution in [0, 0.1) is 0 Å². The number of nitrogens with one attached hydrogen (secondary N) is 1. The number of rotatable bonds is 11. The van der Waals surface area contributed by atoms with Crippen LogP contribution >= 0.6 is 11.6 Å². The highest BCUT2D eigenvalue weighted by atomic mass is 35.5. The van der Waals surface area contributed by atoms with Crippen molar-refractivity contribution in [1.82, 2.24) is 14.9 Å². The van der Waals surface area contributed by atoms with Gasteiger partial charge in [0, 0.05) is 29.9 Å². The average Bonchev–Trinajstić information content (AvgIpc) is 3.28. The molecule has 0 aliphatic carbocycles. The first-order valence-electron chi connectivity index (χ1n) is 12.4. The molecule has 0 aliphatic rings. The first-order chi connectivity index (χ1) is 18.2. The fourth-order valence-electron chi connectivity index (χ4n) is 4.34. The maximum absolute atomic E-state index is 12.3. The molecule has 5 aromatic rings. The first kappa shape index (κ1) is 24.7. The number of nitrogens with zero attached hydrogens (tertiary/aromatic N) is 2. The van der Waals surface area contributed by atoms with Crippen LogP contribution in [0.5, 0.6) is 11.5 Å². The fraction of sp³-hybridized carbons (Fsp3) is 0.200. The summed E-state index contributed by atoms with van der Waals surface area (Å²) in [7, 11) is 0. The first-order valence-corrected chi connectivity index (χ1v) is 12.7. The number of ether oxygens (including phenoxy) is 2. The summed E-state index contributed by atoms with van der Waals surface area (Å²) in [6.45, 7) is 1.79. The van der Waals surface area contributed by atoms with Gasteiger partial charge in [-0.15, -0.1) is 0 Å². The van der Waals surface area contributed by atoms with Crippen molar-refractivity contribution >= 4 is 39.3 Å². The molecule has 1 aromatic heterocycles. The number of halogens is 1. The summed E-state index contributed by atoms with van der Waals surface area (Å²) in [5.74, 6) is 2.26. The van der Waals surface area contributed by atoms with Crippen LogP contribution in [0.25, 0.3) is 21.8 Å². The van der Waals surface area contributed by atoms with Crippen molar-refractivity contribution in [1.29, 1.82) is 0 Å². The molecule has 1 N–H and O–H groups in total. The molecule has 5 rings (SSSR count). The summed E-state index contributed by atoms with van der Waals surface area (Å²) in [6, 6.07) is 29.4. The van der Waals surface area contributed by atoms with E-state index in [2.05, 4.69) is 34.1 Å². The molecule has 0 unspecified atom stereocenters. The van der Waals surface area contributed by atoms with Gasteiger partial charge >= 0.3 is 0 Å². The molecule has 6 nitrogen and oxygen atoms in total. The molecule has 37 heavy (non-hydrogen) atoms. The van der Waals surface area contributed by atoms with E-state index in [1.807, 2.05) is 42.5 Å². The number of amides is 1. The smallest absolute Gasteiger partial charge is 0.257 e. The van der Waals surface area contributed by atoms with E-state index >= 15 is 0 Å². The van der Waals surface area contributed by atoms with E-state index in [0.717, 1.165) is 41.0 Å². The van der Waals surface area contributed by atoms with E-state index in [1.165, 1.54) is 5.39 Å². The molecule has 0 saturated carbocycles. The lowest BCUT2D eigenvalue weighted by atomic mass is 10.1. The molecule has 7 heteroatoms. The minimum Gasteiger partial charge on any atom is -0.493 e. The number of para-hydroxylation sites is 2. The number of aromatic nitrogens is 2. The van der Waals surface area contributed by atoms with Crippen molar-refractivity contribution in [2.24, 2.45) is 0 Å². The van der Waals surface area contributed by atoms with E-state index in [4.69, 9.17) is 26.1 Å². The number of hydrogen-bond donors (Lipinski definition) is 1. The van der Waals surface area contributed by atoms with Crippen molar-refractivity contribution in [2.75, 3.05) is 19.8 Å². The van der Waals surface area contributed by atoms with Gasteiger partial charge in [-0.2, -0.15) is 0 Å².